The standard InChI is InChI=1S/C32H37N5O4/c1-41-28-15-9-8-12-26(28)16-19-33-29(38)23-36-24-37(27-13-6-3-7-14-27)32(30(36)39)17-20-35(21-18-32)31(40)34-22-25-10-4-2-5-11-25/h2-15H,16-24H2,1H3,(H,33,38)(H,34,40). The highest BCUT2D eigenvalue weighted by atomic mass is 16.5. The van der Waals surface area contributed by atoms with E-state index in [4.69, 9.17) is 4.74 Å². The van der Waals surface area contributed by atoms with Gasteiger partial charge in [-0.3, -0.25) is 9.59 Å². The molecule has 2 aliphatic heterocycles. The van der Waals surface area contributed by atoms with Gasteiger partial charge >= 0.3 is 6.03 Å². The molecule has 0 aliphatic carbocycles. The molecule has 9 nitrogen and oxygen atoms in total. The van der Waals surface area contributed by atoms with Crippen molar-refractivity contribution in [2.24, 2.45) is 0 Å². The number of para-hydroxylation sites is 2. The van der Waals surface area contributed by atoms with Crippen LogP contribution >= 0.6 is 0 Å². The van der Waals surface area contributed by atoms with E-state index in [2.05, 4.69) is 15.5 Å². The Kier molecular flexibility index (Phi) is 8.72. The maximum Gasteiger partial charge on any atom is 0.317 e. The Labute approximate surface area is 241 Å². The number of benzene rings is 3. The fourth-order valence-electron chi connectivity index (χ4n) is 5.76. The molecule has 2 aliphatic rings. The lowest BCUT2D eigenvalue weighted by molar-refractivity contribution is -0.137. The van der Waals surface area contributed by atoms with Gasteiger partial charge in [0.15, 0.2) is 0 Å². The lowest BCUT2D eigenvalue weighted by Crippen LogP contribution is -2.58. The maximum atomic E-state index is 13.9. The van der Waals surface area contributed by atoms with Crippen molar-refractivity contribution in [2.75, 3.05) is 44.9 Å². The van der Waals surface area contributed by atoms with Crippen LogP contribution in [0, 0.1) is 0 Å². The van der Waals surface area contributed by atoms with Gasteiger partial charge < -0.3 is 30.1 Å². The van der Waals surface area contributed by atoms with Gasteiger partial charge in [-0.1, -0.05) is 66.7 Å². The van der Waals surface area contributed by atoms with Crippen molar-refractivity contribution in [1.29, 1.82) is 0 Å². The first-order valence-electron chi connectivity index (χ1n) is 14.1. The van der Waals surface area contributed by atoms with Gasteiger partial charge in [0, 0.05) is 31.9 Å². The summed E-state index contributed by atoms with van der Waals surface area (Å²) in [4.78, 5) is 45.3. The topological polar surface area (TPSA) is 94.2 Å². The third kappa shape index (κ3) is 6.29. The number of rotatable bonds is 9. The summed E-state index contributed by atoms with van der Waals surface area (Å²) in [6, 6.07) is 27.2. The van der Waals surface area contributed by atoms with E-state index in [-0.39, 0.29) is 24.4 Å². The molecule has 0 atom stereocenters. The molecule has 2 saturated heterocycles. The van der Waals surface area contributed by atoms with E-state index in [0.29, 0.717) is 52.1 Å². The van der Waals surface area contributed by atoms with Crippen molar-refractivity contribution in [3.8, 4) is 5.75 Å². The summed E-state index contributed by atoms with van der Waals surface area (Å²) in [6.07, 6.45) is 1.61. The first-order valence-corrected chi connectivity index (χ1v) is 14.1. The predicted molar refractivity (Wildman–Crippen MR) is 157 cm³/mol. The number of methoxy groups -OCH3 is 1. The van der Waals surface area contributed by atoms with E-state index in [9.17, 15) is 14.4 Å². The Morgan fingerprint density at radius 2 is 1.54 bits per heavy atom. The number of hydrogen-bond donors (Lipinski definition) is 2. The Hall–Kier alpha value is -4.53. The largest absolute Gasteiger partial charge is 0.496 e. The van der Waals surface area contributed by atoms with Crippen molar-refractivity contribution in [2.45, 2.75) is 31.3 Å². The molecule has 5 rings (SSSR count). The van der Waals surface area contributed by atoms with E-state index in [1.165, 1.54) is 0 Å². The second-order valence-electron chi connectivity index (χ2n) is 10.5. The second kappa shape index (κ2) is 12.8. The van der Waals surface area contributed by atoms with E-state index in [1.54, 1.807) is 16.9 Å². The number of carbonyl (C=O) groups is 3. The molecular weight excluding hydrogens is 518 g/mol. The zero-order valence-corrected chi connectivity index (χ0v) is 23.4. The number of nitrogens with one attached hydrogen (secondary N) is 2. The highest BCUT2D eigenvalue weighted by Gasteiger charge is 2.54. The number of piperidine rings is 1. The van der Waals surface area contributed by atoms with Crippen LogP contribution in [-0.4, -0.2) is 73.1 Å². The number of hydrogen-bond acceptors (Lipinski definition) is 5. The minimum atomic E-state index is -0.796. The molecule has 2 fully saturated rings. The molecule has 2 heterocycles. The summed E-state index contributed by atoms with van der Waals surface area (Å²) in [5, 5.41) is 5.95. The van der Waals surface area contributed by atoms with E-state index < -0.39 is 5.54 Å². The lowest BCUT2D eigenvalue weighted by Gasteiger charge is -2.43. The molecule has 4 amide bonds. The number of likely N-dealkylation sites (tertiary alicyclic amines) is 1. The lowest BCUT2D eigenvalue weighted by atomic mass is 9.85. The normalized spacial score (nSPS) is 16.1. The summed E-state index contributed by atoms with van der Waals surface area (Å²) in [5.41, 5.74) is 2.19. The quantitative estimate of drug-likeness (QED) is 0.422. The van der Waals surface area contributed by atoms with E-state index in [0.717, 1.165) is 22.6 Å². The van der Waals surface area contributed by atoms with Crippen molar-refractivity contribution in [3.63, 3.8) is 0 Å². The summed E-state index contributed by atoms with van der Waals surface area (Å²) >= 11 is 0. The number of urea groups is 1. The third-order valence-corrected chi connectivity index (χ3v) is 7.99. The number of anilines is 1. The van der Waals surface area contributed by atoms with Gasteiger partial charge in [-0.2, -0.15) is 0 Å². The van der Waals surface area contributed by atoms with Crippen LogP contribution in [0.3, 0.4) is 0 Å². The number of carbonyl (C=O) groups excluding carboxylic acids is 3. The van der Waals surface area contributed by atoms with Gasteiger partial charge in [-0.25, -0.2) is 4.79 Å². The van der Waals surface area contributed by atoms with Gasteiger partial charge in [0.05, 0.1) is 13.8 Å². The van der Waals surface area contributed by atoms with Crippen LogP contribution in [0.1, 0.15) is 24.0 Å². The zero-order valence-electron chi connectivity index (χ0n) is 23.4. The first kappa shape index (κ1) is 28.0. The van der Waals surface area contributed by atoms with Crippen molar-refractivity contribution in [3.05, 3.63) is 96.1 Å². The van der Waals surface area contributed by atoms with Crippen molar-refractivity contribution < 1.29 is 19.1 Å². The molecule has 0 bridgehead atoms. The molecule has 3 aromatic carbocycles. The fourth-order valence-corrected chi connectivity index (χ4v) is 5.76. The Morgan fingerprint density at radius 3 is 2.24 bits per heavy atom. The third-order valence-electron chi connectivity index (χ3n) is 7.99. The molecule has 0 radical (unpaired) electrons. The Morgan fingerprint density at radius 1 is 0.878 bits per heavy atom. The molecule has 9 heteroatoms. The van der Waals surface area contributed by atoms with Crippen LogP contribution < -0.4 is 20.3 Å². The maximum absolute atomic E-state index is 13.9. The predicted octanol–water partition coefficient (Wildman–Crippen LogP) is 3.40. The number of nitrogens with zero attached hydrogens (tertiary/aromatic N) is 3. The highest BCUT2D eigenvalue weighted by Crippen LogP contribution is 2.39. The van der Waals surface area contributed by atoms with Crippen LogP contribution in [0.5, 0.6) is 5.75 Å². The van der Waals surface area contributed by atoms with Crippen LogP contribution in [0.2, 0.25) is 0 Å². The van der Waals surface area contributed by atoms with Gasteiger partial charge in [0.1, 0.15) is 17.8 Å². The minimum Gasteiger partial charge on any atom is -0.496 e. The molecule has 1 spiro atoms. The van der Waals surface area contributed by atoms with Crippen LogP contribution in [0.15, 0.2) is 84.9 Å². The van der Waals surface area contributed by atoms with E-state index in [1.807, 2.05) is 84.9 Å². The molecule has 41 heavy (non-hydrogen) atoms. The van der Waals surface area contributed by atoms with Gasteiger partial charge in [0.2, 0.25) is 5.91 Å². The molecule has 0 saturated carbocycles. The van der Waals surface area contributed by atoms with Gasteiger partial charge in [-0.15, -0.1) is 0 Å². The minimum absolute atomic E-state index is 0.0167. The smallest absolute Gasteiger partial charge is 0.317 e. The molecule has 0 aromatic heterocycles. The summed E-state index contributed by atoms with van der Waals surface area (Å²) < 4.78 is 5.40. The van der Waals surface area contributed by atoms with Crippen LogP contribution in [-0.2, 0) is 22.6 Å². The first-order chi connectivity index (χ1) is 20.0. The molecule has 214 valence electrons. The highest BCUT2D eigenvalue weighted by molar-refractivity contribution is 5.96. The zero-order chi connectivity index (χ0) is 28.7. The average Bonchev–Trinajstić information content (AvgIpc) is 3.27. The average molecular weight is 556 g/mol. The number of amides is 4. The van der Waals surface area contributed by atoms with Gasteiger partial charge in [-0.05, 0) is 48.6 Å². The molecule has 2 N–H and O–H groups in total. The summed E-state index contributed by atoms with van der Waals surface area (Å²) in [7, 11) is 1.63. The molecular formula is C32H37N5O4. The monoisotopic (exact) mass is 555 g/mol. The van der Waals surface area contributed by atoms with Gasteiger partial charge in [0.25, 0.3) is 5.91 Å². The summed E-state index contributed by atoms with van der Waals surface area (Å²) in [6.45, 7) is 2.11. The van der Waals surface area contributed by atoms with E-state index >= 15 is 0 Å². The number of ether oxygens (including phenoxy) is 1. The fraction of sp³-hybridized carbons (Fsp3) is 0.344. The van der Waals surface area contributed by atoms with Crippen LogP contribution in [0.4, 0.5) is 10.5 Å². The van der Waals surface area contributed by atoms with Crippen molar-refractivity contribution >= 4 is 23.5 Å². The van der Waals surface area contributed by atoms with Crippen molar-refractivity contribution in [1.82, 2.24) is 20.4 Å². The SMILES string of the molecule is COc1ccccc1CCNC(=O)CN1CN(c2ccccc2)C2(CCN(C(=O)NCc3ccccc3)CC2)C1=O. The Bertz CT molecular complexity index is 1340. The molecule has 3 aromatic rings. The van der Waals surface area contributed by atoms with Crippen LogP contribution in [0.25, 0.3) is 0 Å². The second-order valence-corrected chi connectivity index (χ2v) is 10.5. The Balaban J connectivity index is 1.21. The molecule has 0 unspecified atom stereocenters. The summed E-state index contributed by atoms with van der Waals surface area (Å²) in [5.74, 6) is 0.526.